The third-order valence-electron chi connectivity index (χ3n) is 4.48. The van der Waals surface area contributed by atoms with Crippen LogP contribution >= 0.6 is 11.6 Å². The Bertz CT molecular complexity index is 1020. The highest BCUT2D eigenvalue weighted by Crippen LogP contribution is 2.26. The fraction of sp³-hybridized carbons (Fsp3) is 0.500. The van der Waals surface area contributed by atoms with Gasteiger partial charge in [-0.05, 0) is 11.8 Å². The first kappa shape index (κ1) is 20.2. The Kier molecular flexibility index (Phi) is 5.41. The van der Waals surface area contributed by atoms with Crippen molar-refractivity contribution in [2.45, 2.75) is 18.4 Å². The zero-order chi connectivity index (χ0) is 20.6. The van der Waals surface area contributed by atoms with E-state index in [9.17, 15) is 23.3 Å². The molecule has 3 heterocycles. The highest BCUT2D eigenvalue weighted by Gasteiger charge is 2.32. The Morgan fingerprint density at radius 3 is 2.46 bits per heavy atom. The number of amides is 1. The molecule has 152 valence electrons. The van der Waals surface area contributed by atoms with Crippen LogP contribution in [0.5, 0.6) is 0 Å². The SMILES string of the molecule is Cc1c(Cl)c([N+](=O)[O-])nn1CC(=O)N1CCN(S(=O)(=O)c2cnn(C)c2)CC1. The number of hydrogen-bond acceptors (Lipinski definition) is 7. The molecule has 0 bridgehead atoms. The van der Waals surface area contributed by atoms with Gasteiger partial charge in [-0.1, -0.05) is 11.6 Å². The van der Waals surface area contributed by atoms with E-state index in [1.165, 1.54) is 37.9 Å². The summed E-state index contributed by atoms with van der Waals surface area (Å²) in [5, 5.41) is 18.4. The maximum atomic E-state index is 12.6. The van der Waals surface area contributed by atoms with Crippen LogP contribution in [0.1, 0.15) is 5.69 Å². The van der Waals surface area contributed by atoms with Crippen LogP contribution in [-0.2, 0) is 28.4 Å². The van der Waals surface area contributed by atoms with Crippen molar-refractivity contribution in [3.05, 3.63) is 33.2 Å². The number of hydrogen-bond donors (Lipinski definition) is 0. The average Bonchev–Trinajstić information content (AvgIpc) is 3.21. The van der Waals surface area contributed by atoms with E-state index in [0.717, 1.165) is 0 Å². The number of aryl methyl sites for hydroxylation is 1. The summed E-state index contributed by atoms with van der Waals surface area (Å²) in [6.07, 6.45) is 2.70. The Morgan fingerprint density at radius 1 is 1.32 bits per heavy atom. The molecule has 0 unspecified atom stereocenters. The van der Waals surface area contributed by atoms with Gasteiger partial charge in [-0.3, -0.25) is 9.48 Å². The van der Waals surface area contributed by atoms with Gasteiger partial charge in [0.1, 0.15) is 11.4 Å². The van der Waals surface area contributed by atoms with Crippen LogP contribution in [0, 0.1) is 17.0 Å². The molecule has 0 atom stereocenters. The molecule has 1 saturated heterocycles. The quantitative estimate of drug-likeness (QED) is 0.480. The van der Waals surface area contributed by atoms with Crippen molar-refractivity contribution in [1.82, 2.24) is 28.8 Å². The molecular formula is C14H18ClN7O5S. The molecule has 0 aliphatic carbocycles. The summed E-state index contributed by atoms with van der Waals surface area (Å²) in [4.78, 5) is 24.3. The molecule has 14 heteroatoms. The van der Waals surface area contributed by atoms with E-state index in [1.54, 1.807) is 7.05 Å². The van der Waals surface area contributed by atoms with Crippen LogP contribution < -0.4 is 0 Å². The summed E-state index contributed by atoms with van der Waals surface area (Å²) in [5.41, 5.74) is 0.319. The largest absolute Gasteiger partial charge is 0.408 e. The van der Waals surface area contributed by atoms with Crippen molar-refractivity contribution >= 4 is 33.3 Å². The second kappa shape index (κ2) is 7.48. The maximum absolute atomic E-state index is 12.6. The van der Waals surface area contributed by atoms with Crippen molar-refractivity contribution in [3.63, 3.8) is 0 Å². The molecular weight excluding hydrogens is 414 g/mol. The lowest BCUT2D eigenvalue weighted by molar-refractivity contribution is -0.389. The number of sulfonamides is 1. The lowest BCUT2D eigenvalue weighted by Gasteiger charge is -2.33. The van der Waals surface area contributed by atoms with Crippen LogP contribution in [0.25, 0.3) is 0 Å². The number of carbonyl (C=O) groups excluding carboxylic acids is 1. The molecule has 0 spiro atoms. The van der Waals surface area contributed by atoms with E-state index >= 15 is 0 Å². The van der Waals surface area contributed by atoms with Gasteiger partial charge in [0, 0.05) is 39.4 Å². The Labute approximate surface area is 165 Å². The molecule has 1 aliphatic rings. The normalized spacial score (nSPS) is 15.8. The first-order valence-electron chi connectivity index (χ1n) is 8.25. The first-order chi connectivity index (χ1) is 13.1. The minimum atomic E-state index is -3.67. The van der Waals surface area contributed by atoms with Gasteiger partial charge in [0.15, 0.2) is 5.02 Å². The standard InChI is InChI=1S/C14H18ClN7O5S/c1-10-13(15)14(22(24)25)17-21(10)9-12(23)19-3-5-20(6-4-19)28(26,27)11-7-16-18(2)8-11/h7-8H,3-6,9H2,1-2H3. The van der Waals surface area contributed by atoms with Gasteiger partial charge in [0.2, 0.25) is 15.9 Å². The highest BCUT2D eigenvalue weighted by molar-refractivity contribution is 7.89. The van der Waals surface area contributed by atoms with Crippen LogP contribution in [0.4, 0.5) is 5.82 Å². The maximum Gasteiger partial charge on any atom is 0.408 e. The van der Waals surface area contributed by atoms with Crippen molar-refractivity contribution in [3.8, 4) is 0 Å². The van der Waals surface area contributed by atoms with E-state index in [-0.39, 0.29) is 48.5 Å². The fourth-order valence-corrected chi connectivity index (χ4v) is 4.48. The third kappa shape index (κ3) is 3.72. The minimum Gasteiger partial charge on any atom is -0.358 e. The number of piperazine rings is 1. The molecule has 3 rings (SSSR count). The molecule has 2 aromatic heterocycles. The van der Waals surface area contributed by atoms with E-state index in [1.807, 2.05) is 0 Å². The van der Waals surface area contributed by atoms with Crippen LogP contribution in [0.15, 0.2) is 17.3 Å². The van der Waals surface area contributed by atoms with E-state index in [4.69, 9.17) is 11.6 Å². The number of aromatic nitrogens is 4. The minimum absolute atomic E-state index is 0.101. The van der Waals surface area contributed by atoms with Gasteiger partial charge in [-0.25, -0.2) is 8.42 Å². The smallest absolute Gasteiger partial charge is 0.358 e. The van der Waals surface area contributed by atoms with Crippen molar-refractivity contribution in [2.75, 3.05) is 26.2 Å². The summed E-state index contributed by atoms with van der Waals surface area (Å²) in [6.45, 7) is 2.01. The Morgan fingerprint density at radius 2 is 1.96 bits per heavy atom. The first-order valence-corrected chi connectivity index (χ1v) is 10.1. The van der Waals surface area contributed by atoms with Crippen LogP contribution in [-0.4, -0.2) is 74.2 Å². The highest BCUT2D eigenvalue weighted by atomic mass is 35.5. The molecule has 2 aromatic rings. The van der Waals surface area contributed by atoms with Crippen LogP contribution in [0.2, 0.25) is 5.02 Å². The number of carbonyl (C=O) groups is 1. The lowest BCUT2D eigenvalue weighted by Crippen LogP contribution is -2.51. The van der Waals surface area contributed by atoms with E-state index in [2.05, 4.69) is 10.2 Å². The monoisotopic (exact) mass is 431 g/mol. The second-order valence-corrected chi connectivity index (χ2v) is 8.59. The predicted molar refractivity (Wildman–Crippen MR) is 97.2 cm³/mol. The topological polar surface area (TPSA) is 136 Å². The van der Waals surface area contributed by atoms with Gasteiger partial charge in [0.05, 0.1) is 17.0 Å². The second-order valence-electron chi connectivity index (χ2n) is 6.27. The van der Waals surface area contributed by atoms with Crippen molar-refractivity contribution in [1.29, 1.82) is 0 Å². The lowest BCUT2D eigenvalue weighted by atomic mass is 10.3. The zero-order valence-electron chi connectivity index (χ0n) is 15.1. The molecule has 12 nitrogen and oxygen atoms in total. The predicted octanol–water partition coefficient (Wildman–Crippen LogP) is 0.0197. The molecule has 0 radical (unpaired) electrons. The van der Waals surface area contributed by atoms with Gasteiger partial charge in [-0.15, -0.1) is 0 Å². The van der Waals surface area contributed by atoms with Gasteiger partial charge < -0.3 is 15.0 Å². The molecule has 1 amide bonds. The molecule has 0 saturated carbocycles. The average molecular weight is 432 g/mol. The zero-order valence-corrected chi connectivity index (χ0v) is 16.7. The Balaban J connectivity index is 1.64. The number of nitro groups is 1. The summed E-state index contributed by atoms with van der Waals surface area (Å²) >= 11 is 5.88. The number of halogens is 1. The Hall–Kier alpha value is -2.51. The number of rotatable bonds is 5. The van der Waals surface area contributed by atoms with Crippen molar-refractivity contribution < 1.29 is 18.1 Å². The molecule has 0 N–H and O–H groups in total. The van der Waals surface area contributed by atoms with Gasteiger partial charge in [0.25, 0.3) is 0 Å². The van der Waals surface area contributed by atoms with E-state index < -0.39 is 20.8 Å². The van der Waals surface area contributed by atoms with Crippen LogP contribution in [0.3, 0.4) is 0 Å². The molecule has 28 heavy (non-hydrogen) atoms. The molecule has 1 aliphatic heterocycles. The summed E-state index contributed by atoms with van der Waals surface area (Å²) < 4.78 is 29.1. The summed E-state index contributed by atoms with van der Waals surface area (Å²) in [7, 11) is -2.04. The van der Waals surface area contributed by atoms with E-state index in [0.29, 0.717) is 5.69 Å². The summed E-state index contributed by atoms with van der Waals surface area (Å²) in [5.74, 6) is -0.824. The van der Waals surface area contributed by atoms with Gasteiger partial charge in [-0.2, -0.15) is 14.1 Å². The molecule has 0 aromatic carbocycles. The van der Waals surface area contributed by atoms with Gasteiger partial charge >= 0.3 is 5.82 Å². The molecule has 1 fully saturated rings. The number of nitrogens with zero attached hydrogens (tertiary/aromatic N) is 7. The summed E-state index contributed by atoms with van der Waals surface area (Å²) in [6, 6.07) is 0. The van der Waals surface area contributed by atoms with Crippen molar-refractivity contribution in [2.24, 2.45) is 7.05 Å². The fourth-order valence-electron chi connectivity index (χ4n) is 2.87. The third-order valence-corrected chi connectivity index (χ3v) is 6.78.